The molecule has 0 heterocycles. The average Bonchev–Trinajstić information content (AvgIpc) is 2.35. The van der Waals surface area contributed by atoms with Crippen molar-refractivity contribution in [1.82, 2.24) is 0 Å². The molecule has 1 rings (SSSR count). The molecular formula is C11H20O6. The maximum absolute atomic E-state index is 4.93. The predicted octanol–water partition coefficient (Wildman–Crippen LogP) is 3.31. The van der Waals surface area contributed by atoms with Crippen LogP contribution >= 0.6 is 0 Å². The van der Waals surface area contributed by atoms with Crippen LogP contribution < -0.4 is 0 Å². The fraction of sp³-hybridized carbons (Fsp3) is 0.818. The van der Waals surface area contributed by atoms with E-state index in [-0.39, 0.29) is 6.10 Å². The van der Waals surface area contributed by atoms with Crippen LogP contribution in [0.15, 0.2) is 12.3 Å². The topological polar surface area (TPSA) is 55.4 Å². The lowest BCUT2D eigenvalue weighted by Crippen LogP contribution is -2.17. The van der Waals surface area contributed by atoms with Crippen molar-refractivity contribution >= 4 is 0 Å². The van der Waals surface area contributed by atoms with E-state index in [1.807, 2.05) is 6.92 Å². The molecule has 17 heavy (non-hydrogen) atoms. The molecule has 0 unspecified atom stereocenters. The first-order valence-corrected chi connectivity index (χ1v) is 6.00. The molecule has 0 spiro atoms. The van der Waals surface area contributed by atoms with E-state index in [0.717, 1.165) is 32.1 Å². The Hall–Kier alpha value is -0.660. The van der Waals surface area contributed by atoms with Crippen LogP contribution in [0.2, 0.25) is 0 Å². The van der Waals surface area contributed by atoms with Crippen molar-refractivity contribution in [3.05, 3.63) is 12.3 Å². The van der Waals surface area contributed by atoms with Crippen molar-refractivity contribution in [3.63, 3.8) is 0 Å². The summed E-state index contributed by atoms with van der Waals surface area (Å²) < 4.78 is 0. The molecule has 1 saturated carbocycles. The van der Waals surface area contributed by atoms with E-state index in [9.17, 15) is 0 Å². The number of hydrogen-bond donors (Lipinski definition) is 0. The summed E-state index contributed by atoms with van der Waals surface area (Å²) >= 11 is 0. The fourth-order valence-electron chi connectivity index (χ4n) is 1.64. The van der Waals surface area contributed by atoms with Crippen LogP contribution in [-0.2, 0) is 29.9 Å². The van der Waals surface area contributed by atoms with Gasteiger partial charge in [-0.3, -0.25) is 0 Å². The van der Waals surface area contributed by atoms with Gasteiger partial charge in [0.2, 0.25) is 0 Å². The minimum absolute atomic E-state index is 0.0586. The van der Waals surface area contributed by atoms with Crippen molar-refractivity contribution in [2.75, 3.05) is 0 Å². The summed E-state index contributed by atoms with van der Waals surface area (Å²) in [6.07, 6.45) is 7.11. The molecule has 0 N–H and O–H groups in total. The Kier molecular flexibility index (Phi) is 7.94. The van der Waals surface area contributed by atoms with Crippen molar-refractivity contribution in [2.24, 2.45) is 0 Å². The molecule has 1 aliphatic carbocycles. The highest BCUT2D eigenvalue weighted by molar-refractivity contribution is 4.78. The molecule has 6 nitrogen and oxygen atoms in total. The Balaban J connectivity index is 1.85. The van der Waals surface area contributed by atoms with E-state index in [1.54, 1.807) is 0 Å². The Morgan fingerprint density at radius 3 is 2.47 bits per heavy atom. The van der Waals surface area contributed by atoms with Gasteiger partial charge in [0.25, 0.3) is 0 Å². The second-order valence-corrected chi connectivity index (χ2v) is 4.00. The molecule has 0 aliphatic heterocycles. The van der Waals surface area contributed by atoms with Crippen LogP contribution in [-0.4, -0.2) is 6.10 Å². The zero-order valence-electron chi connectivity index (χ0n) is 10.2. The predicted molar refractivity (Wildman–Crippen MR) is 57.4 cm³/mol. The minimum atomic E-state index is 0.0586. The first-order chi connectivity index (χ1) is 8.33. The van der Waals surface area contributed by atoms with E-state index < -0.39 is 0 Å². The van der Waals surface area contributed by atoms with Gasteiger partial charge in [0.1, 0.15) is 5.76 Å². The summed E-state index contributed by atoms with van der Waals surface area (Å²) in [5, 5.41) is 16.8. The van der Waals surface area contributed by atoms with Gasteiger partial charge >= 0.3 is 0 Å². The van der Waals surface area contributed by atoms with E-state index in [2.05, 4.69) is 31.6 Å². The minimum Gasteiger partial charge on any atom is -0.311 e. The maximum Gasteiger partial charge on any atom is 0.138 e. The summed E-state index contributed by atoms with van der Waals surface area (Å²) in [6.45, 7) is 5.57. The number of rotatable bonds is 9. The average molecular weight is 248 g/mol. The Morgan fingerprint density at radius 2 is 1.76 bits per heavy atom. The molecule has 1 fully saturated rings. The van der Waals surface area contributed by atoms with Crippen LogP contribution in [0.5, 0.6) is 0 Å². The standard InChI is InChI=1S/C11H20O6/c1-3-7-10(2)12-14-16-17-15-13-11-8-5-4-6-9-11/h11H,2-9H2,1H3. The number of hydrogen-bond acceptors (Lipinski definition) is 6. The molecule has 0 aromatic rings. The first kappa shape index (κ1) is 14.4. The van der Waals surface area contributed by atoms with Crippen LogP contribution in [0.4, 0.5) is 0 Å². The second-order valence-electron chi connectivity index (χ2n) is 4.00. The van der Waals surface area contributed by atoms with Gasteiger partial charge in [-0.25, -0.2) is 4.89 Å². The SMILES string of the molecule is C=C(CCC)OOOOOOC1CCCCC1. The molecule has 1 aliphatic rings. The molecule has 0 amide bonds. The third-order valence-corrected chi connectivity index (χ3v) is 2.49. The molecule has 0 aromatic carbocycles. The summed E-state index contributed by atoms with van der Waals surface area (Å²) in [5.41, 5.74) is 0. The maximum atomic E-state index is 4.93. The van der Waals surface area contributed by atoms with Gasteiger partial charge in [-0.1, -0.05) is 32.8 Å². The van der Waals surface area contributed by atoms with Crippen LogP contribution in [0.3, 0.4) is 0 Å². The van der Waals surface area contributed by atoms with Crippen LogP contribution in [0.25, 0.3) is 0 Å². The molecule has 0 saturated heterocycles. The Labute approximate surface area is 101 Å². The molecule has 6 heteroatoms. The highest BCUT2D eigenvalue weighted by atomic mass is 17.8. The lowest BCUT2D eigenvalue weighted by molar-refractivity contribution is -0.756. The highest BCUT2D eigenvalue weighted by Crippen LogP contribution is 2.20. The first-order valence-electron chi connectivity index (χ1n) is 6.00. The third kappa shape index (κ3) is 7.30. The zero-order chi connectivity index (χ0) is 12.3. The van der Waals surface area contributed by atoms with E-state index in [4.69, 9.17) is 4.89 Å². The van der Waals surface area contributed by atoms with Crippen LogP contribution in [0.1, 0.15) is 51.9 Å². The van der Waals surface area contributed by atoms with Gasteiger partial charge in [0.15, 0.2) is 0 Å². The van der Waals surface area contributed by atoms with Gasteiger partial charge in [0, 0.05) is 16.5 Å². The van der Waals surface area contributed by atoms with Gasteiger partial charge in [0.05, 0.1) is 6.10 Å². The molecule has 0 bridgehead atoms. The van der Waals surface area contributed by atoms with Crippen molar-refractivity contribution in [1.29, 1.82) is 0 Å². The zero-order valence-corrected chi connectivity index (χ0v) is 10.2. The normalized spacial score (nSPS) is 17.0. The quantitative estimate of drug-likeness (QED) is 0.270. The van der Waals surface area contributed by atoms with Gasteiger partial charge in [-0.2, -0.15) is 0 Å². The van der Waals surface area contributed by atoms with Crippen molar-refractivity contribution in [2.45, 2.75) is 58.0 Å². The highest BCUT2D eigenvalue weighted by Gasteiger charge is 2.15. The van der Waals surface area contributed by atoms with E-state index in [1.165, 1.54) is 6.42 Å². The molecule has 0 radical (unpaired) electrons. The summed E-state index contributed by atoms with van der Waals surface area (Å²) in [6, 6.07) is 0. The van der Waals surface area contributed by atoms with Crippen LogP contribution in [0, 0.1) is 0 Å². The fourth-order valence-corrected chi connectivity index (χ4v) is 1.64. The van der Waals surface area contributed by atoms with Gasteiger partial charge < -0.3 is 4.89 Å². The molecule has 0 atom stereocenters. The summed E-state index contributed by atoms with van der Waals surface area (Å²) in [7, 11) is 0. The summed E-state index contributed by atoms with van der Waals surface area (Å²) in [4.78, 5) is 9.53. The van der Waals surface area contributed by atoms with Crippen molar-refractivity contribution in [3.8, 4) is 0 Å². The lowest BCUT2D eigenvalue weighted by Gasteiger charge is -2.18. The van der Waals surface area contributed by atoms with E-state index >= 15 is 0 Å². The monoisotopic (exact) mass is 248 g/mol. The Morgan fingerprint density at radius 1 is 1.06 bits per heavy atom. The smallest absolute Gasteiger partial charge is 0.138 e. The summed E-state index contributed by atoms with van der Waals surface area (Å²) in [5.74, 6) is 0.448. The largest absolute Gasteiger partial charge is 0.311 e. The Bertz CT molecular complexity index is 202. The van der Waals surface area contributed by atoms with Crippen molar-refractivity contribution < 1.29 is 29.9 Å². The number of allylic oxidation sites excluding steroid dienone is 1. The molecule has 0 aromatic heterocycles. The van der Waals surface area contributed by atoms with Gasteiger partial charge in [-0.15, -0.1) is 0 Å². The molecular weight excluding hydrogens is 228 g/mol. The van der Waals surface area contributed by atoms with Gasteiger partial charge in [-0.05, 0) is 29.3 Å². The molecule has 100 valence electrons. The third-order valence-electron chi connectivity index (χ3n) is 2.49. The second kappa shape index (κ2) is 9.38. The van der Waals surface area contributed by atoms with E-state index in [0.29, 0.717) is 12.2 Å². The lowest BCUT2D eigenvalue weighted by atomic mass is 9.98.